The third kappa shape index (κ3) is 3.65. The fourth-order valence-electron chi connectivity index (χ4n) is 2.83. The lowest BCUT2D eigenvalue weighted by Crippen LogP contribution is -2.49. The van der Waals surface area contributed by atoms with Crippen LogP contribution in [0.3, 0.4) is 0 Å². The minimum atomic E-state index is -3.18. The van der Waals surface area contributed by atoms with Gasteiger partial charge >= 0.3 is 0 Å². The van der Waals surface area contributed by atoms with Gasteiger partial charge in [0.05, 0.1) is 21.7 Å². The number of hydrogen-bond donors (Lipinski definition) is 0. The molecular formula is C15H21N3O3S2. The zero-order valence-electron chi connectivity index (χ0n) is 13.1. The van der Waals surface area contributed by atoms with Crippen LogP contribution >= 0.6 is 11.3 Å². The number of fused-ring (bicyclic) bond motifs is 1. The van der Waals surface area contributed by atoms with Crippen LogP contribution in [0.15, 0.2) is 23.7 Å². The van der Waals surface area contributed by atoms with E-state index in [4.69, 9.17) is 4.74 Å². The largest absolute Gasteiger partial charge is 0.385 e. The molecule has 0 saturated carbocycles. The van der Waals surface area contributed by atoms with E-state index in [9.17, 15) is 8.42 Å². The van der Waals surface area contributed by atoms with Crippen LogP contribution in [-0.4, -0.2) is 63.4 Å². The Morgan fingerprint density at radius 1 is 1.26 bits per heavy atom. The highest BCUT2D eigenvalue weighted by atomic mass is 32.2. The molecule has 2 aromatic heterocycles. The number of piperazine rings is 1. The summed E-state index contributed by atoms with van der Waals surface area (Å²) in [7, 11) is -1.59. The monoisotopic (exact) mass is 355 g/mol. The summed E-state index contributed by atoms with van der Waals surface area (Å²) in [5.74, 6) is 0.158. The van der Waals surface area contributed by atoms with Crippen LogP contribution in [-0.2, 0) is 14.8 Å². The average molecular weight is 355 g/mol. The molecule has 0 N–H and O–H groups in total. The normalized spacial score (nSPS) is 17.0. The Balaban J connectivity index is 1.65. The van der Waals surface area contributed by atoms with Crippen LogP contribution in [0.4, 0.5) is 5.69 Å². The van der Waals surface area contributed by atoms with Crippen LogP contribution in [0.25, 0.3) is 10.2 Å². The van der Waals surface area contributed by atoms with Gasteiger partial charge in [0.25, 0.3) is 0 Å². The number of ether oxygens (including phenoxy) is 1. The number of aromatic nitrogens is 1. The predicted octanol–water partition coefficient (Wildman–Crippen LogP) is 1.78. The molecule has 0 amide bonds. The molecule has 0 bridgehead atoms. The first kappa shape index (κ1) is 16.6. The van der Waals surface area contributed by atoms with Crippen molar-refractivity contribution < 1.29 is 13.2 Å². The Kier molecular flexibility index (Phi) is 5.15. The van der Waals surface area contributed by atoms with E-state index in [1.807, 2.05) is 23.7 Å². The number of nitrogens with zero attached hydrogens (tertiary/aromatic N) is 3. The molecular weight excluding hydrogens is 334 g/mol. The number of sulfonamides is 1. The average Bonchev–Trinajstić information content (AvgIpc) is 3.04. The van der Waals surface area contributed by atoms with Crippen LogP contribution in [0.1, 0.15) is 6.42 Å². The Hall–Kier alpha value is -1.22. The molecule has 2 aromatic rings. The van der Waals surface area contributed by atoms with Gasteiger partial charge in [0.2, 0.25) is 10.0 Å². The maximum Gasteiger partial charge on any atom is 0.214 e. The van der Waals surface area contributed by atoms with Crippen molar-refractivity contribution in [3.8, 4) is 0 Å². The second-order valence-corrected chi connectivity index (χ2v) is 8.52. The van der Waals surface area contributed by atoms with E-state index >= 15 is 0 Å². The van der Waals surface area contributed by atoms with E-state index in [1.165, 1.54) is 4.70 Å². The van der Waals surface area contributed by atoms with Crippen LogP contribution < -0.4 is 4.90 Å². The topological polar surface area (TPSA) is 62.7 Å². The fourth-order valence-corrected chi connectivity index (χ4v) is 5.18. The van der Waals surface area contributed by atoms with Crippen molar-refractivity contribution in [1.82, 2.24) is 9.29 Å². The highest BCUT2D eigenvalue weighted by Gasteiger charge is 2.27. The van der Waals surface area contributed by atoms with Gasteiger partial charge in [-0.2, -0.15) is 4.31 Å². The van der Waals surface area contributed by atoms with Crippen LogP contribution in [0, 0.1) is 0 Å². The molecule has 1 saturated heterocycles. The summed E-state index contributed by atoms with van der Waals surface area (Å²) in [6.07, 6.45) is 2.36. The summed E-state index contributed by atoms with van der Waals surface area (Å²) in [6.45, 7) is 2.96. The van der Waals surface area contributed by atoms with Crippen molar-refractivity contribution in [2.24, 2.45) is 0 Å². The van der Waals surface area contributed by atoms with E-state index in [0.717, 1.165) is 11.2 Å². The van der Waals surface area contributed by atoms with Crippen molar-refractivity contribution in [3.05, 3.63) is 23.7 Å². The Morgan fingerprint density at radius 2 is 2.04 bits per heavy atom. The minimum absolute atomic E-state index is 0.158. The van der Waals surface area contributed by atoms with Crippen molar-refractivity contribution in [2.75, 3.05) is 50.5 Å². The molecule has 0 spiro atoms. The van der Waals surface area contributed by atoms with Gasteiger partial charge in [0.1, 0.15) is 0 Å². The smallest absolute Gasteiger partial charge is 0.214 e. The Morgan fingerprint density at radius 3 is 2.78 bits per heavy atom. The quantitative estimate of drug-likeness (QED) is 0.739. The number of rotatable bonds is 6. The Bertz CT molecular complexity index is 752. The molecule has 1 aliphatic rings. The summed E-state index contributed by atoms with van der Waals surface area (Å²) in [4.78, 5) is 6.61. The predicted molar refractivity (Wildman–Crippen MR) is 93.7 cm³/mol. The number of anilines is 1. The molecule has 8 heteroatoms. The summed E-state index contributed by atoms with van der Waals surface area (Å²) in [5, 5.41) is 2.04. The molecule has 1 fully saturated rings. The molecule has 0 aromatic carbocycles. The van der Waals surface area contributed by atoms with Crippen LogP contribution in [0.2, 0.25) is 0 Å². The number of hydrogen-bond acceptors (Lipinski definition) is 6. The number of pyridine rings is 1. The van der Waals surface area contributed by atoms with Gasteiger partial charge in [-0.25, -0.2) is 8.42 Å². The minimum Gasteiger partial charge on any atom is -0.385 e. The van der Waals surface area contributed by atoms with Crippen molar-refractivity contribution in [1.29, 1.82) is 0 Å². The van der Waals surface area contributed by atoms with Gasteiger partial charge in [0.15, 0.2) is 0 Å². The molecule has 6 nitrogen and oxygen atoms in total. The van der Waals surface area contributed by atoms with Crippen molar-refractivity contribution in [2.45, 2.75) is 6.42 Å². The van der Waals surface area contributed by atoms with Crippen molar-refractivity contribution in [3.63, 3.8) is 0 Å². The van der Waals surface area contributed by atoms with Crippen LogP contribution in [0.5, 0.6) is 0 Å². The molecule has 0 aliphatic carbocycles. The molecule has 1 aliphatic heterocycles. The first-order valence-electron chi connectivity index (χ1n) is 7.66. The first-order chi connectivity index (χ1) is 11.1. The molecule has 126 valence electrons. The first-order valence-corrected chi connectivity index (χ1v) is 10.1. The number of methoxy groups -OCH3 is 1. The van der Waals surface area contributed by atoms with E-state index in [1.54, 1.807) is 22.8 Å². The van der Waals surface area contributed by atoms with Gasteiger partial charge in [-0.1, -0.05) is 0 Å². The van der Waals surface area contributed by atoms with E-state index in [0.29, 0.717) is 39.2 Å². The summed E-state index contributed by atoms with van der Waals surface area (Å²) in [5.41, 5.74) is 2.16. The highest BCUT2D eigenvalue weighted by molar-refractivity contribution is 7.89. The molecule has 0 unspecified atom stereocenters. The summed E-state index contributed by atoms with van der Waals surface area (Å²) in [6, 6.07) is 4.03. The van der Waals surface area contributed by atoms with E-state index in [-0.39, 0.29) is 5.75 Å². The summed E-state index contributed by atoms with van der Waals surface area (Å²) >= 11 is 1.68. The standard InChI is InChI=1S/C15H21N3O3S2/c1-21-10-2-12-23(19,20)18-8-6-17(7-9-18)14-3-5-16-13-4-11-22-15(13)14/h3-5,11H,2,6-10,12H2,1H3. The molecule has 3 heterocycles. The van der Waals surface area contributed by atoms with Gasteiger partial charge in [-0.05, 0) is 23.9 Å². The second kappa shape index (κ2) is 7.12. The third-order valence-corrected chi connectivity index (χ3v) is 6.93. The van der Waals surface area contributed by atoms with E-state index in [2.05, 4.69) is 9.88 Å². The lowest BCUT2D eigenvalue weighted by molar-refractivity contribution is 0.199. The SMILES string of the molecule is COCCCS(=O)(=O)N1CCN(c2ccnc3ccsc23)CC1. The second-order valence-electron chi connectivity index (χ2n) is 5.51. The number of thiophene rings is 1. The van der Waals surface area contributed by atoms with Gasteiger partial charge < -0.3 is 9.64 Å². The molecule has 0 atom stereocenters. The molecule has 23 heavy (non-hydrogen) atoms. The molecule has 0 radical (unpaired) electrons. The van der Waals surface area contributed by atoms with E-state index < -0.39 is 10.0 Å². The van der Waals surface area contributed by atoms with Crippen molar-refractivity contribution >= 4 is 37.3 Å². The zero-order valence-corrected chi connectivity index (χ0v) is 14.8. The van der Waals surface area contributed by atoms with Gasteiger partial charge in [-0.3, -0.25) is 4.98 Å². The van der Waals surface area contributed by atoms with Gasteiger partial charge in [0, 0.05) is 46.1 Å². The maximum absolute atomic E-state index is 12.3. The summed E-state index contributed by atoms with van der Waals surface area (Å²) < 4.78 is 32.3. The Labute approximate surface area is 140 Å². The zero-order chi connectivity index (χ0) is 16.3. The van der Waals surface area contributed by atoms with Gasteiger partial charge in [-0.15, -0.1) is 11.3 Å². The maximum atomic E-state index is 12.3. The lowest BCUT2D eigenvalue weighted by Gasteiger charge is -2.35. The lowest BCUT2D eigenvalue weighted by atomic mass is 10.2. The highest BCUT2D eigenvalue weighted by Crippen LogP contribution is 2.30. The molecule has 3 rings (SSSR count). The fraction of sp³-hybridized carbons (Fsp3) is 0.533. The third-order valence-electron chi connectivity index (χ3n) is 4.05.